The van der Waals surface area contributed by atoms with Gasteiger partial charge in [-0.25, -0.2) is 0 Å². The molecule has 0 aromatic carbocycles. The van der Waals surface area contributed by atoms with Crippen molar-refractivity contribution in [3.8, 4) is 0 Å². The lowest BCUT2D eigenvalue weighted by atomic mass is 9.60. The summed E-state index contributed by atoms with van der Waals surface area (Å²) < 4.78 is 0. The maximum Gasteiger partial charge on any atom is 0.0811 e. The van der Waals surface area contributed by atoms with Gasteiger partial charge in [0.2, 0.25) is 0 Å². The van der Waals surface area contributed by atoms with E-state index in [9.17, 15) is 15.3 Å². The minimum atomic E-state index is -0.635. The summed E-state index contributed by atoms with van der Waals surface area (Å²) in [5.74, 6) is 2.52. The molecule has 0 aliphatic heterocycles. The topological polar surface area (TPSA) is 60.7 Å². The Labute approximate surface area is 184 Å². The summed E-state index contributed by atoms with van der Waals surface area (Å²) in [5, 5.41) is 30.8. The first kappa shape index (κ1) is 23.8. The molecule has 3 aliphatic carbocycles. The van der Waals surface area contributed by atoms with Gasteiger partial charge in [-0.15, -0.1) is 0 Å². The zero-order chi connectivity index (χ0) is 21.9. The van der Waals surface area contributed by atoms with Crippen LogP contribution in [0.25, 0.3) is 0 Å². The molecule has 3 N–H and O–H groups in total. The predicted molar refractivity (Wildman–Crippen MR) is 124 cm³/mol. The maximum atomic E-state index is 10.6. The summed E-state index contributed by atoms with van der Waals surface area (Å²) in [6, 6.07) is 0. The molecule has 3 fully saturated rings. The molecule has 0 aromatic heterocycles. The smallest absolute Gasteiger partial charge is 0.0811 e. The molecule has 3 aliphatic rings. The second kappa shape index (κ2) is 10.1. The van der Waals surface area contributed by atoms with Crippen molar-refractivity contribution in [2.75, 3.05) is 6.61 Å². The summed E-state index contributed by atoms with van der Waals surface area (Å²) in [6.45, 7) is 11.4. The minimum Gasteiger partial charge on any atom is -0.396 e. The normalized spacial score (nSPS) is 38.4. The third kappa shape index (κ3) is 4.95. The Hall–Kier alpha value is -0.900. The molecule has 3 saturated carbocycles. The highest BCUT2D eigenvalue weighted by Gasteiger charge is 2.53. The van der Waals surface area contributed by atoms with E-state index in [2.05, 4.69) is 39.5 Å². The first-order chi connectivity index (χ1) is 14.3. The zero-order valence-electron chi connectivity index (χ0n) is 19.4. The molecule has 0 spiro atoms. The van der Waals surface area contributed by atoms with Crippen LogP contribution < -0.4 is 0 Å². The van der Waals surface area contributed by atoms with E-state index < -0.39 is 12.2 Å². The van der Waals surface area contributed by atoms with Crippen LogP contribution in [0.2, 0.25) is 0 Å². The van der Waals surface area contributed by atoms with Crippen LogP contribution in [-0.4, -0.2) is 34.1 Å². The Bertz CT molecular complexity index is 661. The predicted octanol–water partition coefficient (Wildman–Crippen LogP) is 5.56. The number of rotatable bonds is 7. The lowest BCUT2D eigenvalue weighted by molar-refractivity contribution is 0.00746. The molecule has 3 nitrogen and oxygen atoms in total. The number of hydrogen-bond acceptors (Lipinski definition) is 3. The zero-order valence-corrected chi connectivity index (χ0v) is 19.4. The van der Waals surface area contributed by atoms with Crippen LogP contribution in [-0.2, 0) is 0 Å². The number of hydrogen-bond donors (Lipinski definition) is 3. The number of aliphatic hydroxyl groups is 3. The summed E-state index contributed by atoms with van der Waals surface area (Å²) in [6.07, 6.45) is 13.8. The summed E-state index contributed by atoms with van der Waals surface area (Å²) in [4.78, 5) is 0. The van der Waals surface area contributed by atoms with Crippen molar-refractivity contribution in [1.82, 2.24) is 0 Å². The van der Waals surface area contributed by atoms with Gasteiger partial charge in [-0.3, -0.25) is 0 Å². The van der Waals surface area contributed by atoms with Crippen LogP contribution in [0.5, 0.6) is 0 Å². The van der Waals surface area contributed by atoms with Crippen molar-refractivity contribution in [1.29, 1.82) is 0 Å². The van der Waals surface area contributed by atoms with Gasteiger partial charge in [0, 0.05) is 18.4 Å². The standard InChI is InChI=1S/C27H44O3/c1-18(2)7-5-8-19(3)24-12-13-25-21(9-6-14-27(24,25)17-28)10-11-22-15-23(29)16-26(30)20(22)4/h10-11,18-19,23-26,28-30H,4-9,12-17H2,1-3H3/b21-10+,22-11-/t19-,23-,24-,25+,26+,27+/m1/s1. The molecule has 30 heavy (non-hydrogen) atoms. The summed E-state index contributed by atoms with van der Waals surface area (Å²) >= 11 is 0. The largest absolute Gasteiger partial charge is 0.396 e. The van der Waals surface area contributed by atoms with E-state index in [4.69, 9.17) is 0 Å². The fraction of sp³-hybridized carbons (Fsp3) is 0.778. The average Bonchev–Trinajstić information content (AvgIpc) is 3.09. The average molecular weight is 417 g/mol. The van der Waals surface area contributed by atoms with Gasteiger partial charge in [0.1, 0.15) is 0 Å². The molecule has 0 bridgehead atoms. The molecule has 0 heterocycles. The van der Waals surface area contributed by atoms with Crippen LogP contribution in [0.1, 0.15) is 85.0 Å². The summed E-state index contributed by atoms with van der Waals surface area (Å²) in [5.41, 5.74) is 3.24. The molecule has 0 saturated heterocycles. The first-order valence-corrected chi connectivity index (χ1v) is 12.3. The molecule has 0 amide bonds. The quantitative estimate of drug-likeness (QED) is 0.509. The Morgan fingerprint density at radius 2 is 1.90 bits per heavy atom. The lowest BCUT2D eigenvalue weighted by Crippen LogP contribution is -2.41. The van der Waals surface area contributed by atoms with Crippen molar-refractivity contribution >= 4 is 0 Å². The van der Waals surface area contributed by atoms with Gasteiger partial charge in [-0.1, -0.05) is 64.3 Å². The van der Waals surface area contributed by atoms with Crippen molar-refractivity contribution < 1.29 is 15.3 Å². The lowest BCUT2D eigenvalue weighted by Gasteiger charge is -2.46. The molecule has 3 heteroatoms. The van der Waals surface area contributed by atoms with E-state index in [0.717, 1.165) is 36.3 Å². The molecule has 0 aromatic rings. The molecule has 170 valence electrons. The van der Waals surface area contributed by atoms with E-state index in [-0.39, 0.29) is 5.41 Å². The second-order valence-electron chi connectivity index (χ2n) is 10.9. The first-order valence-electron chi connectivity index (χ1n) is 12.3. The van der Waals surface area contributed by atoms with Gasteiger partial charge in [-0.05, 0) is 73.3 Å². The highest BCUT2D eigenvalue weighted by molar-refractivity contribution is 5.38. The highest BCUT2D eigenvalue weighted by atomic mass is 16.3. The van der Waals surface area contributed by atoms with Gasteiger partial charge in [-0.2, -0.15) is 0 Å². The maximum absolute atomic E-state index is 10.6. The van der Waals surface area contributed by atoms with E-state index in [0.29, 0.717) is 37.2 Å². The Balaban J connectivity index is 1.76. The Morgan fingerprint density at radius 1 is 1.13 bits per heavy atom. The van der Waals surface area contributed by atoms with Crippen molar-refractivity contribution in [2.24, 2.45) is 29.1 Å². The van der Waals surface area contributed by atoms with Gasteiger partial charge in [0.15, 0.2) is 0 Å². The number of fused-ring (bicyclic) bond motifs is 1. The van der Waals surface area contributed by atoms with Crippen molar-refractivity contribution in [3.05, 3.63) is 35.5 Å². The van der Waals surface area contributed by atoms with Crippen LogP contribution >= 0.6 is 0 Å². The number of aliphatic hydroxyl groups excluding tert-OH is 3. The second-order valence-corrected chi connectivity index (χ2v) is 10.9. The van der Waals surface area contributed by atoms with E-state index in [1.807, 2.05) is 0 Å². The number of allylic oxidation sites excluding steroid dienone is 3. The van der Waals surface area contributed by atoms with Gasteiger partial charge < -0.3 is 15.3 Å². The van der Waals surface area contributed by atoms with Crippen molar-refractivity contribution in [2.45, 2.75) is 97.2 Å². The molecular formula is C27H44O3. The third-order valence-electron chi connectivity index (χ3n) is 8.44. The molecule has 6 atom stereocenters. The molecule has 0 radical (unpaired) electrons. The van der Waals surface area contributed by atoms with Crippen LogP contribution in [0.15, 0.2) is 35.5 Å². The van der Waals surface area contributed by atoms with Gasteiger partial charge in [0.25, 0.3) is 0 Å². The van der Waals surface area contributed by atoms with Crippen LogP contribution in [0.4, 0.5) is 0 Å². The Kier molecular flexibility index (Phi) is 8.03. The van der Waals surface area contributed by atoms with Crippen molar-refractivity contribution in [3.63, 3.8) is 0 Å². The van der Waals surface area contributed by atoms with E-state index >= 15 is 0 Å². The van der Waals surface area contributed by atoms with E-state index in [1.165, 1.54) is 37.7 Å². The molecular weight excluding hydrogens is 372 g/mol. The van der Waals surface area contributed by atoms with Crippen LogP contribution in [0, 0.1) is 29.1 Å². The van der Waals surface area contributed by atoms with Crippen LogP contribution in [0.3, 0.4) is 0 Å². The monoisotopic (exact) mass is 416 g/mol. The van der Waals surface area contributed by atoms with Gasteiger partial charge in [0.05, 0.1) is 12.2 Å². The van der Waals surface area contributed by atoms with E-state index in [1.54, 1.807) is 0 Å². The molecule has 0 unspecified atom stereocenters. The molecule has 3 rings (SSSR count). The SMILES string of the molecule is C=C1/C(=C\C=C2/CCC[C@]3(CO)[C@@H]([C@H](C)CCCC(C)C)CC[C@@H]23)C[C@@H](O)C[C@@H]1O. The Morgan fingerprint density at radius 3 is 2.60 bits per heavy atom. The fourth-order valence-electron chi connectivity index (χ4n) is 6.76. The highest BCUT2D eigenvalue weighted by Crippen LogP contribution is 2.60. The fourth-order valence-corrected chi connectivity index (χ4v) is 6.76. The van der Waals surface area contributed by atoms with Gasteiger partial charge >= 0.3 is 0 Å². The third-order valence-corrected chi connectivity index (χ3v) is 8.44. The minimum absolute atomic E-state index is 0.0441. The summed E-state index contributed by atoms with van der Waals surface area (Å²) in [7, 11) is 0.